The van der Waals surface area contributed by atoms with Gasteiger partial charge in [0, 0.05) is 18.2 Å². The summed E-state index contributed by atoms with van der Waals surface area (Å²) in [4.78, 5) is 22.1. The highest BCUT2D eigenvalue weighted by Gasteiger charge is 2.05. The number of ether oxygens (including phenoxy) is 4. The first-order chi connectivity index (χ1) is 22.9. The zero-order valence-corrected chi connectivity index (χ0v) is 25.2. The van der Waals surface area contributed by atoms with E-state index in [0.717, 1.165) is 12.2 Å². The van der Waals surface area contributed by atoms with E-state index in [1.807, 2.05) is 0 Å². The Morgan fingerprint density at radius 1 is 0.596 bits per heavy atom. The number of benzene rings is 4. The molecule has 0 unspecified atom stereocenters. The monoisotopic (exact) mass is 638 g/mol. The number of hydrazine groups is 1. The van der Waals surface area contributed by atoms with Crippen molar-refractivity contribution in [3.63, 3.8) is 0 Å². The van der Waals surface area contributed by atoms with Crippen LogP contribution in [0.25, 0.3) is 0 Å². The van der Waals surface area contributed by atoms with Gasteiger partial charge in [-0.15, -0.1) is 0 Å². The number of nitrogens with zero attached hydrogens (tertiary/aromatic N) is 4. The molecule has 13 heteroatoms. The van der Waals surface area contributed by atoms with Crippen LogP contribution >= 0.6 is 0 Å². The number of halogens is 1. The summed E-state index contributed by atoms with van der Waals surface area (Å²) in [6, 6.07) is 25.5. The average Bonchev–Trinajstić information content (AvgIpc) is 3.11. The SMILES string of the molecule is C=CC(=O)OCCOc1ccc(N=Nc2ccc(N=Nc3ccc(NNc4ccc(OCCOC(=O)C=C)cc4F)cc3)cc2)cc1. The Labute approximate surface area is 270 Å². The molecule has 0 aromatic heterocycles. The van der Waals surface area contributed by atoms with Gasteiger partial charge in [-0.2, -0.15) is 20.5 Å². The molecule has 0 atom stereocenters. The Kier molecular flexibility index (Phi) is 12.7. The number of azo groups is 2. The number of hydrogen-bond donors (Lipinski definition) is 2. The van der Waals surface area contributed by atoms with Gasteiger partial charge in [0.15, 0.2) is 5.82 Å². The van der Waals surface area contributed by atoms with E-state index in [1.165, 1.54) is 12.1 Å². The minimum Gasteiger partial charge on any atom is -0.490 e. The molecule has 0 bridgehead atoms. The van der Waals surface area contributed by atoms with Gasteiger partial charge in [0.2, 0.25) is 0 Å². The fourth-order valence-electron chi connectivity index (χ4n) is 3.59. The second-order valence-electron chi connectivity index (χ2n) is 9.29. The average molecular weight is 639 g/mol. The summed E-state index contributed by atoms with van der Waals surface area (Å²) in [5.41, 5.74) is 9.17. The van der Waals surface area contributed by atoms with Crippen molar-refractivity contribution in [3.8, 4) is 11.5 Å². The van der Waals surface area contributed by atoms with Crippen molar-refractivity contribution in [2.24, 2.45) is 20.5 Å². The first-order valence-electron chi connectivity index (χ1n) is 14.2. The highest BCUT2D eigenvalue weighted by Crippen LogP contribution is 2.26. The van der Waals surface area contributed by atoms with Gasteiger partial charge in [-0.05, 0) is 84.9 Å². The van der Waals surface area contributed by atoms with E-state index in [-0.39, 0.29) is 32.1 Å². The molecule has 12 nitrogen and oxygen atoms in total. The quantitative estimate of drug-likeness (QED) is 0.0386. The predicted octanol–water partition coefficient (Wildman–Crippen LogP) is 8.31. The molecule has 0 aliphatic rings. The van der Waals surface area contributed by atoms with Crippen LogP contribution in [0.3, 0.4) is 0 Å². The highest BCUT2D eigenvalue weighted by atomic mass is 19.1. The summed E-state index contributed by atoms with van der Waals surface area (Å²) in [6.45, 7) is 7.10. The number of carbonyl (C=O) groups is 2. The molecule has 2 N–H and O–H groups in total. The van der Waals surface area contributed by atoms with Crippen LogP contribution < -0.4 is 20.3 Å². The first-order valence-corrected chi connectivity index (χ1v) is 14.2. The molecule has 0 spiro atoms. The predicted molar refractivity (Wildman–Crippen MR) is 175 cm³/mol. The summed E-state index contributed by atoms with van der Waals surface area (Å²) in [5.74, 6) is -0.660. The van der Waals surface area contributed by atoms with Gasteiger partial charge in [-0.3, -0.25) is 5.43 Å². The molecular weight excluding hydrogens is 607 g/mol. The largest absolute Gasteiger partial charge is 0.490 e. The topological polar surface area (TPSA) is 145 Å². The lowest BCUT2D eigenvalue weighted by Crippen LogP contribution is -2.11. The van der Waals surface area contributed by atoms with Gasteiger partial charge in [-0.25, -0.2) is 14.0 Å². The third-order valence-electron chi connectivity index (χ3n) is 5.92. The summed E-state index contributed by atoms with van der Waals surface area (Å²) < 4.78 is 35.0. The lowest BCUT2D eigenvalue weighted by molar-refractivity contribution is -0.139. The molecule has 47 heavy (non-hydrogen) atoms. The Bertz CT molecular complexity index is 1710. The summed E-state index contributed by atoms with van der Waals surface area (Å²) in [5, 5.41) is 17.0. The molecule has 0 heterocycles. The normalized spacial score (nSPS) is 10.7. The lowest BCUT2D eigenvalue weighted by Gasteiger charge is -2.12. The van der Waals surface area contributed by atoms with Crippen LogP contribution in [0.5, 0.6) is 11.5 Å². The molecule has 4 rings (SSSR count). The van der Waals surface area contributed by atoms with Crippen molar-refractivity contribution in [3.05, 3.63) is 122 Å². The number of rotatable bonds is 17. The van der Waals surface area contributed by atoms with Crippen molar-refractivity contribution < 1.29 is 32.9 Å². The van der Waals surface area contributed by atoms with E-state index in [9.17, 15) is 14.0 Å². The summed E-state index contributed by atoms with van der Waals surface area (Å²) in [7, 11) is 0. The molecular formula is C34H31FN6O6. The van der Waals surface area contributed by atoms with Gasteiger partial charge in [0.25, 0.3) is 0 Å². The van der Waals surface area contributed by atoms with Crippen molar-refractivity contribution in [1.82, 2.24) is 0 Å². The van der Waals surface area contributed by atoms with Crippen LogP contribution in [0.4, 0.5) is 38.5 Å². The van der Waals surface area contributed by atoms with E-state index >= 15 is 0 Å². The van der Waals surface area contributed by atoms with Crippen LogP contribution in [0, 0.1) is 5.82 Å². The van der Waals surface area contributed by atoms with Gasteiger partial charge in [-0.1, -0.05) is 13.2 Å². The van der Waals surface area contributed by atoms with Crippen LogP contribution in [-0.2, 0) is 19.1 Å². The Hall–Kier alpha value is -6.37. The summed E-state index contributed by atoms with van der Waals surface area (Å²) in [6.07, 6.45) is 2.15. The van der Waals surface area contributed by atoms with Crippen molar-refractivity contribution in [2.45, 2.75) is 0 Å². The van der Waals surface area contributed by atoms with E-state index < -0.39 is 17.8 Å². The standard InChI is InChI=1S/C34H31FN6O6/c1-3-33(42)46-21-19-44-29-15-13-28(14-16-29)39-38-25-7-5-24(6-8-25)36-37-26-9-11-27(12-10-26)40-41-32-18-17-30(23-31(32)35)45-20-22-47-34(43)4-2/h3-18,23,40-41H,1-2,19-22H2. The van der Waals surface area contributed by atoms with Crippen LogP contribution in [0.15, 0.2) is 137 Å². The highest BCUT2D eigenvalue weighted by molar-refractivity contribution is 5.81. The molecule has 4 aromatic carbocycles. The van der Waals surface area contributed by atoms with Crippen molar-refractivity contribution in [1.29, 1.82) is 0 Å². The van der Waals surface area contributed by atoms with Crippen LogP contribution in [0.1, 0.15) is 0 Å². The minimum absolute atomic E-state index is 0.0268. The molecule has 4 aromatic rings. The van der Waals surface area contributed by atoms with Gasteiger partial charge >= 0.3 is 11.9 Å². The van der Waals surface area contributed by atoms with E-state index in [0.29, 0.717) is 39.9 Å². The van der Waals surface area contributed by atoms with E-state index in [1.54, 1.807) is 78.9 Å². The van der Waals surface area contributed by atoms with Crippen molar-refractivity contribution in [2.75, 3.05) is 37.3 Å². The van der Waals surface area contributed by atoms with Crippen LogP contribution in [0.2, 0.25) is 0 Å². The minimum atomic E-state index is -0.551. The fraction of sp³-hybridized carbons (Fsp3) is 0.118. The smallest absolute Gasteiger partial charge is 0.330 e. The number of hydrogen-bond acceptors (Lipinski definition) is 12. The maximum absolute atomic E-state index is 14.5. The number of anilines is 2. The number of carbonyl (C=O) groups excluding carboxylic acids is 2. The Morgan fingerprint density at radius 2 is 1.02 bits per heavy atom. The van der Waals surface area contributed by atoms with Gasteiger partial charge < -0.3 is 24.4 Å². The third kappa shape index (κ3) is 11.6. The molecule has 0 radical (unpaired) electrons. The number of esters is 2. The van der Waals surface area contributed by atoms with Gasteiger partial charge in [0.1, 0.15) is 37.9 Å². The fourth-order valence-corrected chi connectivity index (χ4v) is 3.59. The molecule has 0 aliphatic heterocycles. The maximum Gasteiger partial charge on any atom is 0.330 e. The molecule has 0 saturated carbocycles. The third-order valence-corrected chi connectivity index (χ3v) is 5.92. The Balaban J connectivity index is 1.20. The number of nitrogens with one attached hydrogen (secondary N) is 2. The molecule has 0 saturated heterocycles. The molecule has 0 fully saturated rings. The molecule has 0 aliphatic carbocycles. The second kappa shape index (κ2) is 17.8. The maximum atomic E-state index is 14.5. The van der Waals surface area contributed by atoms with E-state index in [4.69, 9.17) is 18.9 Å². The van der Waals surface area contributed by atoms with Crippen LogP contribution in [-0.4, -0.2) is 38.4 Å². The zero-order valence-electron chi connectivity index (χ0n) is 25.2. The Morgan fingerprint density at radius 3 is 1.49 bits per heavy atom. The second-order valence-corrected chi connectivity index (χ2v) is 9.29. The van der Waals surface area contributed by atoms with Gasteiger partial charge in [0.05, 0.1) is 34.1 Å². The lowest BCUT2D eigenvalue weighted by atomic mass is 10.3. The molecule has 0 amide bonds. The zero-order chi connectivity index (χ0) is 33.3. The van der Waals surface area contributed by atoms with Crippen molar-refractivity contribution >= 4 is 46.1 Å². The van der Waals surface area contributed by atoms with E-state index in [2.05, 4.69) is 44.5 Å². The molecule has 240 valence electrons. The summed E-state index contributed by atoms with van der Waals surface area (Å²) >= 11 is 0. The first kappa shape index (κ1) is 33.5.